The van der Waals surface area contributed by atoms with Gasteiger partial charge < -0.3 is 5.32 Å². The first kappa shape index (κ1) is 17.2. The minimum absolute atomic E-state index is 0.390. The van der Waals surface area contributed by atoms with E-state index in [1.807, 2.05) is 0 Å². The van der Waals surface area contributed by atoms with Crippen LogP contribution in [0.4, 0.5) is 0 Å². The van der Waals surface area contributed by atoms with Gasteiger partial charge in [0.05, 0.1) is 0 Å². The Kier molecular flexibility index (Phi) is 7.25. The standard InChI is InChI=1S/C18H32N2/c1-7-17(20(6)15(4)13-14(2)3)18(19-5)16-11-9-8-10-12-16/h8-12,14-15,17-19H,7,13H2,1-6H3. The molecule has 3 atom stereocenters. The van der Waals surface area contributed by atoms with E-state index in [2.05, 4.69) is 82.3 Å². The van der Waals surface area contributed by atoms with Crippen molar-refractivity contribution in [3.8, 4) is 0 Å². The Balaban J connectivity index is 2.86. The number of likely N-dealkylation sites (N-methyl/N-ethyl adjacent to an activating group) is 2. The maximum absolute atomic E-state index is 3.52. The molecule has 0 fully saturated rings. The van der Waals surface area contributed by atoms with Gasteiger partial charge in [-0.05, 0) is 45.3 Å². The maximum atomic E-state index is 3.52. The summed E-state index contributed by atoms with van der Waals surface area (Å²) in [7, 11) is 4.34. The molecule has 1 aromatic rings. The number of nitrogens with zero attached hydrogens (tertiary/aromatic N) is 1. The Morgan fingerprint density at radius 1 is 1.10 bits per heavy atom. The van der Waals surface area contributed by atoms with Crippen LogP contribution in [0.5, 0.6) is 0 Å². The molecule has 114 valence electrons. The van der Waals surface area contributed by atoms with Gasteiger partial charge in [0.2, 0.25) is 0 Å². The fraction of sp³-hybridized carbons (Fsp3) is 0.667. The number of rotatable bonds is 8. The highest BCUT2D eigenvalue weighted by Crippen LogP contribution is 2.25. The topological polar surface area (TPSA) is 15.3 Å². The Morgan fingerprint density at radius 2 is 1.70 bits per heavy atom. The first-order chi connectivity index (χ1) is 9.51. The van der Waals surface area contributed by atoms with Crippen LogP contribution in [0, 0.1) is 5.92 Å². The van der Waals surface area contributed by atoms with Crippen molar-refractivity contribution in [1.82, 2.24) is 10.2 Å². The van der Waals surface area contributed by atoms with E-state index in [-0.39, 0.29) is 0 Å². The summed E-state index contributed by atoms with van der Waals surface area (Å²) in [4.78, 5) is 2.55. The molecule has 1 rings (SSSR count). The average Bonchev–Trinajstić information content (AvgIpc) is 2.44. The van der Waals surface area contributed by atoms with Crippen LogP contribution in [-0.4, -0.2) is 31.1 Å². The van der Waals surface area contributed by atoms with Gasteiger partial charge in [-0.1, -0.05) is 51.1 Å². The van der Waals surface area contributed by atoms with Crippen LogP contribution < -0.4 is 5.32 Å². The molecule has 3 unspecified atom stereocenters. The largest absolute Gasteiger partial charge is 0.312 e. The lowest BCUT2D eigenvalue weighted by atomic mass is 9.94. The van der Waals surface area contributed by atoms with Crippen LogP contribution in [0.1, 0.15) is 52.1 Å². The van der Waals surface area contributed by atoms with Crippen molar-refractivity contribution < 1.29 is 0 Å². The maximum Gasteiger partial charge on any atom is 0.0475 e. The van der Waals surface area contributed by atoms with Gasteiger partial charge in [0, 0.05) is 18.1 Å². The molecule has 0 aromatic heterocycles. The zero-order chi connectivity index (χ0) is 15.1. The van der Waals surface area contributed by atoms with Crippen molar-refractivity contribution >= 4 is 0 Å². The van der Waals surface area contributed by atoms with Crippen molar-refractivity contribution in [3.05, 3.63) is 35.9 Å². The lowest BCUT2D eigenvalue weighted by Crippen LogP contribution is -2.46. The van der Waals surface area contributed by atoms with Gasteiger partial charge in [-0.15, -0.1) is 0 Å². The van der Waals surface area contributed by atoms with E-state index in [1.165, 1.54) is 12.0 Å². The lowest BCUT2D eigenvalue weighted by molar-refractivity contribution is 0.130. The Morgan fingerprint density at radius 3 is 2.15 bits per heavy atom. The van der Waals surface area contributed by atoms with Gasteiger partial charge in [-0.2, -0.15) is 0 Å². The van der Waals surface area contributed by atoms with Gasteiger partial charge in [0.1, 0.15) is 0 Å². The predicted octanol–water partition coefficient (Wildman–Crippen LogP) is 4.09. The monoisotopic (exact) mass is 276 g/mol. The van der Waals surface area contributed by atoms with Crippen molar-refractivity contribution in [2.45, 2.75) is 58.7 Å². The van der Waals surface area contributed by atoms with Crippen LogP contribution in [-0.2, 0) is 0 Å². The fourth-order valence-corrected chi connectivity index (χ4v) is 3.18. The van der Waals surface area contributed by atoms with E-state index in [0.29, 0.717) is 18.1 Å². The van der Waals surface area contributed by atoms with Gasteiger partial charge >= 0.3 is 0 Å². The summed E-state index contributed by atoms with van der Waals surface area (Å²) in [6, 6.07) is 12.3. The van der Waals surface area contributed by atoms with Gasteiger partial charge in [-0.3, -0.25) is 4.90 Å². The Bertz CT molecular complexity index is 361. The number of benzene rings is 1. The van der Waals surface area contributed by atoms with Gasteiger partial charge in [-0.25, -0.2) is 0 Å². The van der Waals surface area contributed by atoms with Crippen LogP contribution in [0.2, 0.25) is 0 Å². The third-order valence-electron chi connectivity index (χ3n) is 4.30. The van der Waals surface area contributed by atoms with Crippen LogP contribution in [0.3, 0.4) is 0 Å². The SMILES string of the molecule is CCC(C(NC)c1ccccc1)N(C)C(C)CC(C)C. The summed E-state index contributed by atoms with van der Waals surface area (Å²) in [5.41, 5.74) is 1.38. The smallest absolute Gasteiger partial charge is 0.0475 e. The van der Waals surface area contributed by atoms with Crippen LogP contribution in [0.15, 0.2) is 30.3 Å². The number of hydrogen-bond acceptors (Lipinski definition) is 2. The molecule has 0 aliphatic carbocycles. The highest BCUT2D eigenvalue weighted by atomic mass is 15.2. The summed E-state index contributed by atoms with van der Waals surface area (Å²) < 4.78 is 0. The molecule has 20 heavy (non-hydrogen) atoms. The first-order valence-corrected chi connectivity index (χ1v) is 7.95. The number of hydrogen-bond donors (Lipinski definition) is 1. The summed E-state index contributed by atoms with van der Waals surface area (Å²) in [6.07, 6.45) is 2.40. The molecule has 1 aromatic carbocycles. The molecule has 0 radical (unpaired) electrons. The summed E-state index contributed by atoms with van der Waals surface area (Å²) in [5, 5.41) is 3.52. The molecule has 0 heterocycles. The molecule has 0 bridgehead atoms. The summed E-state index contributed by atoms with van der Waals surface area (Å²) >= 11 is 0. The molecule has 1 N–H and O–H groups in total. The van der Waals surface area contributed by atoms with E-state index in [9.17, 15) is 0 Å². The predicted molar refractivity (Wildman–Crippen MR) is 89.0 cm³/mol. The number of nitrogens with one attached hydrogen (secondary N) is 1. The molecule has 0 amide bonds. The summed E-state index contributed by atoms with van der Waals surface area (Å²) in [6.45, 7) is 9.24. The van der Waals surface area contributed by atoms with Crippen LogP contribution in [0.25, 0.3) is 0 Å². The van der Waals surface area contributed by atoms with E-state index < -0.39 is 0 Å². The zero-order valence-electron chi connectivity index (χ0n) is 14.1. The van der Waals surface area contributed by atoms with E-state index in [0.717, 1.165) is 12.3 Å². The third kappa shape index (κ3) is 4.60. The second-order valence-corrected chi connectivity index (χ2v) is 6.30. The van der Waals surface area contributed by atoms with Gasteiger partial charge in [0.15, 0.2) is 0 Å². The van der Waals surface area contributed by atoms with Crippen LogP contribution >= 0.6 is 0 Å². The Labute approximate surface area is 125 Å². The normalized spacial score (nSPS) is 16.4. The van der Waals surface area contributed by atoms with Crippen molar-refractivity contribution in [1.29, 1.82) is 0 Å². The second kappa shape index (κ2) is 8.43. The molecule has 0 saturated heterocycles. The first-order valence-electron chi connectivity index (χ1n) is 7.95. The van der Waals surface area contributed by atoms with Crippen molar-refractivity contribution in [2.24, 2.45) is 5.92 Å². The molecule has 0 saturated carbocycles. The van der Waals surface area contributed by atoms with Crippen molar-refractivity contribution in [2.75, 3.05) is 14.1 Å². The molecular weight excluding hydrogens is 244 g/mol. The zero-order valence-corrected chi connectivity index (χ0v) is 14.1. The average molecular weight is 276 g/mol. The van der Waals surface area contributed by atoms with E-state index >= 15 is 0 Å². The van der Waals surface area contributed by atoms with Gasteiger partial charge in [0.25, 0.3) is 0 Å². The molecule has 0 spiro atoms. The molecule has 2 heteroatoms. The highest BCUT2D eigenvalue weighted by molar-refractivity contribution is 5.20. The summed E-state index contributed by atoms with van der Waals surface area (Å²) in [5.74, 6) is 0.745. The highest BCUT2D eigenvalue weighted by Gasteiger charge is 2.26. The fourth-order valence-electron chi connectivity index (χ4n) is 3.18. The quantitative estimate of drug-likeness (QED) is 0.769. The lowest BCUT2D eigenvalue weighted by Gasteiger charge is -2.38. The third-order valence-corrected chi connectivity index (χ3v) is 4.30. The molecule has 2 nitrogen and oxygen atoms in total. The van der Waals surface area contributed by atoms with Crippen molar-refractivity contribution in [3.63, 3.8) is 0 Å². The minimum atomic E-state index is 0.390. The van der Waals surface area contributed by atoms with E-state index in [1.54, 1.807) is 0 Å². The minimum Gasteiger partial charge on any atom is -0.312 e. The second-order valence-electron chi connectivity index (χ2n) is 6.30. The Hall–Kier alpha value is -0.860. The molecule has 0 aliphatic heterocycles. The molecular formula is C18H32N2. The molecule has 0 aliphatic rings. The van der Waals surface area contributed by atoms with E-state index in [4.69, 9.17) is 0 Å².